The molecule has 0 aliphatic rings. The van der Waals surface area contributed by atoms with Gasteiger partial charge in [0, 0.05) is 22.0 Å². The molecule has 1 rings (SSSR count). The summed E-state index contributed by atoms with van der Waals surface area (Å²) in [5, 5.41) is 3.38. The van der Waals surface area contributed by atoms with Gasteiger partial charge in [0.2, 0.25) is 5.91 Å². The molecule has 0 heterocycles. The Morgan fingerprint density at radius 3 is 2.81 bits per heavy atom. The number of nitrogens with one attached hydrogen (secondary N) is 1. The van der Waals surface area contributed by atoms with Gasteiger partial charge in [-0.3, -0.25) is 4.79 Å². The Balaban J connectivity index is 2.81. The Labute approximate surface area is 108 Å². The molecule has 1 unspecified atom stereocenters. The van der Waals surface area contributed by atoms with Crippen LogP contribution in [0, 0.1) is 6.92 Å². The van der Waals surface area contributed by atoms with Crippen LogP contribution in [0.1, 0.15) is 18.9 Å². The van der Waals surface area contributed by atoms with Gasteiger partial charge in [-0.05, 0) is 47.5 Å². The minimum absolute atomic E-state index is 0.115. The van der Waals surface area contributed by atoms with E-state index in [0.717, 1.165) is 10.0 Å². The van der Waals surface area contributed by atoms with Crippen molar-refractivity contribution in [1.29, 1.82) is 0 Å². The molecular formula is C11H14BrClN2O. The molecule has 3 N–H and O–H groups in total. The van der Waals surface area contributed by atoms with E-state index in [-0.39, 0.29) is 18.4 Å². The van der Waals surface area contributed by atoms with Crippen molar-refractivity contribution in [3.8, 4) is 0 Å². The predicted octanol–water partition coefficient (Wildman–Crippen LogP) is 3.09. The first-order chi connectivity index (χ1) is 7.40. The number of hydrogen-bond acceptors (Lipinski definition) is 2. The molecule has 1 aromatic rings. The molecule has 0 bridgehead atoms. The second-order valence-electron chi connectivity index (χ2n) is 3.81. The molecule has 16 heavy (non-hydrogen) atoms. The van der Waals surface area contributed by atoms with Crippen molar-refractivity contribution in [3.63, 3.8) is 0 Å². The van der Waals surface area contributed by atoms with Gasteiger partial charge >= 0.3 is 0 Å². The highest BCUT2D eigenvalue weighted by Gasteiger charge is 2.09. The number of anilines is 1. The van der Waals surface area contributed by atoms with Gasteiger partial charge in [0.25, 0.3) is 0 Å². The molecule has 5 heteroatoms. The first-order valence-electron chi connectivity index (χ1n) is 4.91. The number of carbonyl (C=O) groups is 1. The van der Waals surface area contributed by atoms with Crippen molar-refractivity contribution in [2.75, 3.05) is 5.32 Å². The Morgan fingerprint density at radius 1 is 1.62 bits per heavy atom. The van der Waals surface area contributed by atoms with Crippen LogP contribution in [0.25, 0.3) is 0 Å². The highest BCUT2D eigenvalue weighted by Crippen LogP contribution is 2.29. The average molecular weight is 306 g/mol. The fourth-order valence-electron chi connectivity index (χ4n) is 1.24. The van der Waals surface area contributed by atoms with Crippen LogP contribution in [-0.4, -0.2) is 11.9 Å². The molecule has 0 aliphatic carbocycles. The third-order valence-electron chi connectivity index (χ3n) is 2.03. The summed E-state index contributed by atoms with van der Waals surface area (Å²) in [5.41, 5.74) is 7.17. The van der Waals surface area contributed by atoms with E-state index in [9.17, 15) is 4.79 Å². The van der Waals surface area contributed by atoms with Gasteiger partial charge < -0.3 is 11.1 Å². The molecular weight excluding hydrogens is 291 g/mol. The summed E-state index contributed by atoms with van der Waals surface area (Å²) in [6.45, 7) is 3.69. The normalized spacial score (nSPS) is 12.3. The van der Waals surface area contributed by atoms with Crippen LogP contribution < -0.4 is 11.1 Å². The number of halogens is 2. The molecule has 88 valence electrons. The lowest BCUT2D eigenvalue weighted by atomic mass is 10.2. The topological polar surface area (TPSA) is 55.1 Å². The molecule has 1 atom stereocenters. The molecule has 0 aromatic heterocycles. The zero-order chi connectivity index (χ0) is 12.3. The highest BCUT2D eigenvalue weighted by atomic mass is 79.9. The van der Waals surface area contributed by atoms with Gasteiger partial charge in [-0.15, -0.1) is 0 Å². The van der Waals surface area contributed by atoms with Crippen LogP contribution in [0.15, 0.2) is 16.6 Å². The number of rotatable bonds is 3. The Morgan fingerprint density at radius 2 is 2.25 bits per heavy atom. The van der Waals surface area contributed by atoms with Gasteiger partial charge in [0.15, 0.2) is 0 Å². The third-order valence-corrected chi connectivity index (χ3v) is 3.09. The first kappa shape index (κ1) is 13.5. The van der Waals surface area contributed by atoms with Gasteiger partial charge in [-0.2, -0.15) is 0 Å². The van der Waals surface area contributed by atoms with Crippen LogP contribution in [0.4, 0.5) is 5.69 Å². The summed E-state index contributed by atoms with van der Waals surface area (Å²) in [7, 11) is 0. The second kappa shape index (κ2) is 5.66. The summed E-state index contributed by atoms with van der Waals surface area (Å²) < 4.78 is 0.812. The highest BCUT2D eigenvalue weighted by molar-refractivity contribution is 9.10. The first-order valence-corrected chi connectivity index (χ1v) is 6.08. The van der Waals surface area contributed by atoms with Crippen molar-refractivity contribution < 1.29 is 4.79 Å². The van der Waals surface area contributed by atoms with Crippen molar-refractivity contribution in [1.82, 2.24) is 0 Å². The minimum atomic E-state index is -0.153. The lowest BCUT2D eigenvalue weighted by Gasteiger charge is -2.10. The number of carbonyl (C=O) groups excluding carboxylic acids is 1. The number of amides is 1. The Hall–Kier alpha value is -0.580. The molecule has 1 aromatic carbocycles. The average Bonchev–Trinajstić information content (AvgIpc) is 2.12. The van der Waals surface area contributed by atoms with Crippen molar-refractivity contribution >= 4 is 39.1 Å². The van der Waals surface area contributed by atoms with Crippen LogP contribution in [0.2, 0.25) is 5.02 Å². The lowest BCUT2D eigenvalue weighted by molar-refractivity contribution is -0.116. The molecule has 0 aliphatic heterocycles. The maximum Gasteiger partial charge on any atom is 0.225 e. The molecule has 0 spiro atoms. The van der Waals surface area contributed by atoms with Gasteiger partial charge in [0.05, 0.1) is 5.69 Å². The standard InChI is InChI=1S/C11H14BrClN2O/c1-6-3-8(12)10(5-9(6)13)15-11(16)4-7(2)14/h3,5,7H,4,14H2,1-2H3,(H,15,16). The number of nitrogens with two attached hydrogens (primary N) is 1. The maximum absolute atomic E-state index is 11.5. The lowest BCUT2D eigenvalue weighted by Crippen LogP contribution is -2.24. The van der Waals surface area contributed by atoms with E-state index in [0.29, 0.717) is 10.7 Å². The molecule has 0 saturated carbocycles. The molecule has 3 nitrogen and oxygen atoms in total. The van der Waals surface area contributed by atoms with Gasteiger partial charge in [-0.25, -0.2) is 0 Å². The largest absolute Gasteiger partial charge is 0.327 e. The molecule has 0 saturated heterocycles. The zero-order valence-corrected chi connectivity index (χ0v) is 11.5. The van der Waals surface area contributed by atoms with Crippen molar-refractivity contribution in [3.05, 3.63) is 27.2 Å². The fourth-order valence-corrected chi connectivity index (χ4v) is 1.96. The van der Waals surface area contributed by atoms with Crippen LogP contribution in [-0.2, 0) is 4.79 Å². The van der Waals surface area contributed by atoms with E-state index in [1.54, 1.807) is 13.0 Å². The third kappa shape index (κ3) is 3.77. The maximum atomic E-state index is 11.5. The predicted molar refractivity (Wildman–Crippen MR) is 70.8 cm³/mol. The van der Waals surface area contributed by atoms with E-state index < -0.39 is 0 Å². The summed E-state index contributed by atoms with van der Waals surface area (Å²) >= 11 is 9.35. The summed E-state index contributed by atoms with van der Waals surface area (Å²) in [6.07, 6.45) is 0.290. The summed E-state index contributed by atoms with van der Waals surface area (Å²) in [4.78, 5) is 11.5. The molecule has 0 fully saturated rings. The van der Waals surface area contributed by atoms with E-state index in [4.69, 9.17) is 17.3 Å². The van der Waals surface area contributed by atoms with Crippen LogP contribution >= 0.6 is 27.5 Å². The van der Waals surface area contributed by atoms with Gasteiger partial charge in [0.1, 0.15) is 0 Å². The minimum Gasteiger partial charge on any atom is -0.327 e. The van der Waals surface area contributed by atoms with E-state index in [1.807, 2.05) is 13.0 Å². The summed E-state index contributed by atoms with van der Waals surface area (Å²) in [5.74, 6) is -0.115. The molecule has 1 amide bonds. The quantitative estimate of drug-likeness (QED) is 0.901. The Bertz CT molecular complexity index is 407. The SMILES string of the molecule is Cc1cc(Br)c(NC(=O)CC(C)N)cc1Cl. The number of aryl methyl sites for hydroxylation is 1. The number of hydrogen-bond donors (Lipinski definition) is 2. The smallest absolute Gasteiger partial charge is 0.225 e. The fraction of sp³-hybridized carbons (Fsp3) is 0.364. The number of benzene rings is 1. The Kier molecular flexibility index (Phi) is 4.77. The van der Waals surface area contributed by atoms with Crippen molar-refractivity contribution in [2.45, 2.75) is 26.3 Å². The van der Waals surface area contributed by atoms with Crippen molar-refractivity contribution in [2.24, 2.45) is 5.73 Å². The van der Waals surface area contributed by atoms with E-state index in [1.165, 1.54) is 0 Å². The van der Waals surface area contributed by atoms with Crippen LogP contribution in [0.5, 0.6) is 0 Å². The van der Waals surface area contributed by atoms with E-state index in [2.05, 4.69) is 21.2 Å². The monoisotopic (exact) mass is 304 g/mol. The zero-order valence-electron chi connectivity index (χ0n) is 9.18. The summed E-state index contributed by atoms with van der Waals surface area (Å²) in [6, 6.07) is 3.43. The van der Waals surface area contributed by atoms with E-state index >= 15 is 0 Å². The molecule has 0 radical (unpaired) electrons. The van der Waals surface area contributed by atoms with Crippen LogP contribution in [0.3, 0.4) is 0 Å². The second-order valence-corrected chi connectivity index (χ2v) is 5.07. The van der Waals surface area contributed by atoms with Gasteiger partial charge in [-0.1, -0.05) is 11.6 Å².